The number of carbonyl (C=O) groups excluding carboxylic acids is 2. The van der Waals surface area contributed by atoms with E-state index in [2.05, 4.69) is 4.74 Å². The van der Waals surface area contributed by atoms with Crippen molar-refractivity contribution in [3.05, 3.63) is 70.7 Å². The second kappa shape index (κ2) is 10.3. The molecule has 2 atom stereocenters. The predicted molar refractivity (Wildman–Crippen MR) is 101 cm³/mol. The molecule has 162 valence electrons. The number of hydrogen-bond donors (Lipinski definition) is 1. The number of alkyl carbamates (subject to hydrolysis) is 1. The van der Waals surface area contributed by atoms with E-state index in [-0.39, 0.29) is 10.6 Å². The molecule has 1 unspecified atom stereocenters. The molecule has 0 fully saturated rings. The summed E-state index contributed by atoms with van der Waals surface area (Å²) in [6, 6.07) is 10.2. The van der Waals surface area contributed by atoms with E-state index < -0.39 is 48.5 Å². The van der Waals surface area contributed by atoms with Crippen molar-refractivity contribution in [1.82, 2.24) is 5.32 Å². The maximum absolute atomic E-state index is 15.2. The normalized spacial score (nSPS) is 13.4. The molecule has 0 spiro atoms. The summed E-state index contributed by atoms with van der Waals surface area (Å²) in [6.07, 6.45) is -7.63. The third kappa shape index (κ3) is 6.09. The summed E-state index contributed by atoms with van der Waals surface area (Å²) < 4.78 is 65.1. The van der Waals surface area contributed by atoms with Gasteiger partial charge in [0.1, 0.15) is 6.04 Å². The Hall–Kier alpha value is -2.81. The van der Waals surface area contributed by atoms with Crippen molar-refractivity contribution in [2.24, 2.45) is 0 Å². The van der Waals surface area contributed by atoms with Crippen LogP contribution in [0.4, 0.5) is 22.4 Å². The van der Waals surface area contributed by atoms with Gasteiger partial charge < -0.3 is 14.8 Å². The SMILES string of the molecule is COC(=O)[C@H](CC(F)F)NC(=O)OC(c1ccccc1)C(F)(F)c1cccc(Cl)c1. The highest BCUT2D eigenvalue weighted by molar-refractivity contribution is 6.30. The highest BCUT2D eigenvalue weighted by atomic mass is 35.5. The summed E-state index contributed by atoms with van der Waals surface area (Å²) in [5.41, 5.74) is -0.574. The maximum atomic E-state index is 15.2. The smallest absolute Gasteiger partial charge is 0.408 e. The van der Waals surface area contributed by atoms with Gasteiger partial charge in [-0.2, -0.15) is 8.78 Å². The van der Waals surface area contributed by atoms with Gasteiger partial charge in [-0.1, -0.05) is 54.1 Å². The van der Waals surface area contributed by atoms with Crippen LogP contribution >= 0.6 is 11.6 Å². The van der Waals surface area contributed by atoms with Crippen molar-refractivity contribution in [2.45, 2.75) is 30.9 Å². The summed E-state index contributed by atoms with van der Waals surface area (Å²) in [5.74, 6) is -4.89. The van der Waals surface area contributed by atoms with Gasteiger partial charge in [-0.25, -0.2) is 18.4 Å². The summed E-state index contributed by atoms with van der Waals surface area (Å²) in [7, 11) is 0.938. The molecule has 0 saturated heterocycles. The molecule has 30 heavy (non-hydrogen) atoms. The summed E-state index contributed by atoms with van der Waals surface area (Å²) in [5, 5.41) is 1.91. The molecular weight excluding hydrogens is 430 g/mol. The van der Waals surface area contributed by atoms with Crippen LogP contribution in [0.3, 0.4) is 0 Å². The van der Waals surface area contributed by atoms with Crippen LogP contribution in [-0.4, -0.2) is 31.6 Å². The zero-order chi connectivity index (χ0) is 22.3. The number of carbonyl (C=O) groups is 2. The molecule has 0 aliphatic carbocycles. The second-order valence-electron chi connectivity index (χ2n) is 6.18. The van der Waals surface area contributed by atoms with Gasteiger partial charge >= 0.3 is 18.0 Å². The van der Waals surface area contributed by atoms with Gasteiger partial charge in [0.2, 0.25) is 6.43 Å². The predicted octanol–water partition coefficient (Wildman–Crippen LogP) is 5.10. The average molecular weight is 448 g/mol. The fraction of sp³-hybridized carbons (Fsp3) is 0.300. The molecule has 2 aromatic rings. The first kappa shape index (κ1) is 23.5. The first-order valence-electron chi connectivity index (χ1n) is 8.67. The third-order valence-corrected chi connectivity index (χ3v) is 4.29. The number of ether oxygens (including phenoxy) is 2. The number of amides is 1. The van der Waals surface area contributed by atoms with Crippen LogP contribution in [0, 0.1) is 0 Å². The van der Waals surface area contributed by atoms with Crippen LogP contribution in [-0.2, 0) is 20.2 Å². The minimum atomic E-state index is -3.73. The zero-order valence-electron chi connectivity index (χ0n) is 15.7. The lowest BCUT2D eigenvalue weighted by molar-refractivity contribution is -0.144. The van der Waals surface area contributed by atoms with E-state index >= 15 is 8.78 Å². The standard InChI is InChI=1S/C20H18ClF4NO4/c1-29-18(27)15(11-16(22)23)26-19(28)30-17(12-6-3-2-4-7-12)20(24,25)13-8-5-9-14(21)10-13/h2-10,15-17H,11H2,1H3,(H,26,28)/t15-,17?/m0/s1. The monoisotopic (exact) mass is 447 g/mol. The van der Waals surface area contributed by atoms with Crippen LogP contribution in [0.1, 0.15) is 23.7 Å². The molecule has 0 bridgehead atoms. The highest BCUT2D eigenvalue weighted by Gasteiger charge is 2.46. The number of hydrogen-bond acceptors (Lipinski definition) is 4. The van der Waals surface area contributed by atoms with E-state index in [0.717, 1.165) is 19.2 Å². The van der Waals surface area contributed by atoms with Crippen molar-refractivity contribution in [3.63, 3.8) is 0 Å². The Bertz CT molecular complexity index is 867. The molecule has 2 rings (SSSR count). The van der Waals surface area contributed by atoms with E-state index in [1.165, 1.54) is 36.4 Å². The number of esters is 1. The zero-order valence-corrected chi connectivity index (χ0v) is 16.4. The molecule has 0 aliphatic heterocycles. The first-order chi connectivity index (χ1) is 14.1. The Morgan fingerprint density at radius 3 is 2.33 bits per heavy atom. The third-order valence-electron chi connectivity index (χ3n) is 4.06. The lowest BCUT2D eigenvalue weighted by Gasteiger charge is -2.28. The van der Waals surface area contributed by atoms with Gasteiger partial charge in [-0.15, -0.1) is 0 Å². The maximum Gasteiger partial charge on any atom is 0.408 e. The molecule has 2 aromatic carbocycles. The van der Waals surface area contributed by atoms with E-state index in [1.807, 2.05) is 5.32 Å². The number of halogens is 5. The molecular formula is C20H18ClF4NO4. The minimum absolute atomic E-state index is 0.0473. The lowest BCUT2D eigenvalue weighted by atomic mass is 9.97. The molecule has 10 heteroatoms. The Kier molecular flexibility index (Phi) is 8.05. The minimum Gasteiger partial charge on any atom is -0.467 e. The van der Waals surface area contributed by atoms with Crippen molar-refractivity contribution < 1.29 is 36.6 Å². The Morgan fingerprint density at radius 1 is 1.10 bits per heavy atom. The summed E-state index contributed by atoms with van der Waals surface area (Å²) in [4.78, 5) is 23.8. The van der Waals surface area contributed by atoms with Crippen molar-refractivity contribution in [1.29, 1.82) is 0 Å². The number of rotatable bonds is 8. The largest absolute Gasteiger partial charge is 0.467 e. The van der Waals surface area contributed by atoms with Crippen molar-refractivity contribution in [3.8, 4) is 0 Å². The van der Waals surface area contributed by atoms with Gasteiger partial charge in [-0.05, 0) is 17.7 Å². The van der Waals surface area contributed by atoms with E-state index in [0.29, 0.717) is 0 Å². The number of nitrogens with one attached hydrogen (secondary N) is 1. The van der Waals surface area contributed by atoms with Gasteiger partial charge in [0.25, 0.3) is 0 Å². The van der Waals surface area contributed by atoms with Gasteiger partial charge in [-0.3, -0.25) is 0 Å². The van der Waals surface area contributed by atoms with Crippen LogP contribution in [0.15, 0.2) is 54.6 Å². The Morgan fingerprint density at radius 2 is 1.77 bits per heavy atom. The molecule has 1 N–H and O–H groups in total. The summed E-state index contributed by atoms with van der Waals surface area (Å²) >= 11 is 5.80. The summed E-state index contributed by atoms with van der Waals surface area (Å²) in [6.45, 7) is 0. The molecule has 0 heterocycles. The molecule has 1 amide bonds. The van der Waals surface area contributed by atoms with E-state index in [4.69, 9.17) is 16.3 Å². The number of benzene rings is 2. The molecule has 5 nitrogen and oxygen atoms in total. The molecule has 0 saturated carbocycles. The fourth-order valence-corrected chi connectivity index (χ4v) is 2.83. The first-order valence-corrected chi connectivity index (χ1v) is 9.05. The van der Waals surface area contributed by atoms with Crippen LogP contribution in [0.2, 0.25) is 5.02 Å². The average Bonchev–Trinajstić information content (AvgIpc) is 2.71. The van der Waals surface area contributed by atoms with E-state index in [1.54, 1.807) is 6.07 Å². The number of alkyl halides is 4. The highest BCUT2D eigenvalue weighted by Crippen LogP contribution is 2.43. The van der Waals surface area contributed by atoms with E-state index in [9.17, 15) is 18.4 Å². The quantitative estimate of drug-likeness (QED) is 0.452. The fourth-order valence-electron chi connectivity index (χ4n) is 2.64. The van der Waals surface area contributed by atoms with Gasteiger partial charge in [0.15, 0.2) is 6.10 Å². The van der Waals surface area contributed by atoms with Crippen molar-refractivity contribution in [2.75, 3.05) is 7.11 Å². The van der Waals surface area contributed by atoms with Crippen LogP contribution in [0.25, 0.3) is 0 Å². The molecule has 0 aliphatic rings. The number of methoxy groups -OCH3 is 1. The topological polar surface area (TPSA) is 64.6 Å². The second-order valence-corrected chi connectivity index (χ2v) is 6.61. The van der Waals surface area contributed by atoms with Crippen LogP contribution < -0.4 is 5.32 Å². The van der Waals surface area contributed by atoms with Gasteiger partial charge in [0, 0.05) is 17.0 Å². The molecule has 0 aromatic heterocycles. The lowest BCUT2D eigenvalue weighted by Crippen LogP contribution is -2.44. The Balaban J connectivity index is 2.32. The van der Waals surface area contributed by atoms with Gasteiger partial charge in [0.05, 0.1) is 7.11 Å². The van der Waals surface area contributed by atoms with Crippen LogP contribution in [0.5, 0.6) is 0 Å². The van der Waals surface area contributed by atoms with Crippen molar-refractivity contribution >= 4 is 23.7 Å². The molecule has 0 radical (unpaired) electrons. The Labute approximate surface area is 174 Å².